The Morgan fingerprint density at radius 3 is 2.58 bits per heavy atom. The van der Waals surface area contributed by atoms with E-state index in [0.717, 1.165) is 18.1 Å². The maximum atomic E-state index is 13.9. The van der Waals surface area contributed by atoms with E-state index in [1.54, 1.807) is 4.90 Å². The molecule has 0 aromatic heterocycles. The number of carbonyl (C=O) groups is 2. The Kier molecular flexibility index (Phi) is 9.65. The fourth-order valence-electron chi connectivity index (χ4n) is 5.07. The molecule has 2 aliphatic heterocycles. The molecule has 2 aromatic carbocycles. The highest BCUT2D eigenvalue weighted by atomic mass is 19.1. The average Bonchev–Trinajstić information content (AvgIpc) is 3.37. The molecule has 2 aromatic rings. The summed E-state index contributed by atoms with van der Waals surface area (Å²) in [4.78, 5) is 28.7. The standard InChI is InChI=1S/C28H36F2N4O4/c1-2-8-33-9-10-34(17-26(33)35)28(37)32-25(13-20-11-21(29)14-22(30)12-20)27(36)24-15-23(16-31-24)38-18-19-6-4-3-5-7-19/h3-7,11-12,14,23-25,27,31,36H,2,8-10,13,15-18H2,1H3,(H,32,37)/t23-,24-,25+,27-/m1/s1. The predicted molar refractivity (Wildman–Crippen MR) is 138 cm³/mol. The minimum absolute atomic E-state index is 0.0129. The number of carbonyl (C=O) groups excluding carboxylic acids is 2. The first kappa shape index (κ1) is 27.9. The van der Waals surface area contributed by atoms with Crippen molar-refractivity contribution >= 4 is 11.9 Å². The highest BCUT2D eigenvalue weighted by Crippen LogP contribution is 2.20. The number of aliphatic hydroxyl groups is 1. The minimum atomic E-state index is -1.06. The van der Waals surface area contributed by atoms with Crippen molar-refractivity contribution in [2.75, 3.05) is 32.7 Å². The van der Waals surface area contributed by atoms with Crippen molar-refractivity contribution in [2.45, 2.75) is 57.1 Å². The molecule has 4 atom stereocenters. The molecule has 4 rings (SSSR count). The molecule has 0 unspecified atom stereocenters. The number of urea groups is 1. The van der Waals surface area contributed by atoms with Gasteiger partial charge in [-0.3, -0.25) is 4.79 Å². The molecule has 3 amide bonds. The lowest BCUT2D eigenvalue weighted by molar-refractivity contribution is -0.134. The zero-order valence-corrected chi connectivity index (χ0v) is 21.6. The Morgan fingerprint density at radius 1 is 1.16 bits per heavy atom. The Labute approximate surface area is 221 Å². The molecule has 2 saturated heterocycles. The van der Waals surface area contributed by atoms with Crippen molar-refractivity contribution in [3.63, 3.8) is 0 Å². The summed E-state index contributed by atoms with van der Waals surface area (Å²) >= 11 is 0. The molecule has 3 N–H and O–H groups in total. The summed E-state index contributed by atoms with van der Waals surface area (Å²) in [5.41, 5.74) is 1.36. The van der Waals surface area contributed by atoms with Crippen molar-refractivity contribution in [2.24, 2.45) is 0 Å². The Hall–Kier alpha value is -3.08. The van der Waals surface area contributed by atoms with Crippen LogP contribution in [0.3, 0.4) is 0 Å². The molecular weight excluding hydrogens is 494 g/mol. The fraction of sp³-hybridized carbons (Fsp3) is 0.500. The maximum Gasteiger partial charge on any atom is 0.318 e. The third kappa shape index (κ3) is 7.49. The summed E-state index contributed by atoms with van der Waals surface area (Å²) in [7, 11) is 0. The maximum absolute atomic E-state index is 13.9. The number of ether oxygens (including phenoxy) is 1. The van der Waals surface area contributed by atoms with Gasteiger partial charge in [0.05, 0.1) is 24.9 Å². The summed E-state index contributed by atoms with van der Waals surface area (Å²) < 4.78 is 33.8. The molecule has 38 heavy (non-hydrogen) atoms. The van der Waals surface area contributed by atoms with Crippen molar-refractivity contribution < 1.29 is 28.2 Å². The van der Waals surface area contributed by atoms with Crippen molar-refractivity contribution in [1.82, 2.24) is 20.4 Å². The highest BCUT2D eigenvalue weighted by Gasteiger charge is 2.36. The van der Waals surface area contributed by atoms with Crippen LogP contribution in [-0.4, -0.2) is 83.9 Å². The van der Waals surface area contributed by atoms with Crippen LogP contribution < -0.4 is 10.6 Å². The van der Waals surface area contributed by atoms with Gasteiger partial charge in [-0.05, 0) is 42.5 Å². The fourth-order valence-corrected chi connectivity index (χ4v) is 5.07. The lowest BCUT2D eigenvalue weighted by Crippen LogP contribution is -2.59. The lowest BCUT2D eigenvalue weighted by atomic mass is 9.95. The van der Waals surface area contributed by atoms with Crippen LogP contribution in [0.2, 0.25) is 0 Å². The van der Waals surface area contributed by atoms with Crippen molar-refractivity contribution in [1.29, 1.82) is 0 Å². The van der Waals surface area contributed by atoms with Gasteiger partial charge in [-0.25, -0.2) is 13.6 Å². The first-order valence-electron chi connectivity index (χ1n) is 13.2. The number of aliphatic hydroxyl groups excluding tert-OH is 1. The third-order valence-electron chi connectivity index (χ3n) is 7.06. The summed E-state index contributed by atoms with van der Waals surface area (Å²) in [5.74, 6) is -1.59. The normalized spacial score (nSPS) is 21.4. The monoisotopic (exact) mass is 530 g/mol. The van der Waals surface area contributed by atoms with Gasteiger partial charge in [-0.2, -0.15) is 0 Å². The molecule has 2 fully saturated rings. The summed E-state index contributed by atoms with van der Waals surface area (Å²) in [5, 5.41) is 17.4. The van der Waals surface area contributed by atoms with Crippen LogP contribution in [0.1, 0.15) is 30.9 Å². The Balaban J connectivity index is 1.41. The molecule has 206 valence electrons. The topological polar surface area (TPSA) is 94.1 Å². The SMILES string of the molecule is CCCN1CCN(C(=O)N[C@@H](Cc2cc(F)cc(F)c2)[C@H](O)[C@H]2C[C@@H](OCc3ccccc3)CN2)CC1=O. The number of benzene rings is 2. The lowest BCUT2D eigenvalue weighted by Gasteiger charge is -2.36. The second-order valence-corrected chi connectivity index (χ2v) is 10.00. The molecule has 0 aliphatic carbocycles. The number of rotatable bonds is 10. The first-order chi connectivity index (χ1) is 18.3. The van der Waals surface area contributed by atoms with Gasteiger partial charge in [0.2, 0.25) is 5.91 Å². The molecule has 0 bridgehead atoms. The number of amides is 3. The van der Waals surface area contributed by atoms with E-state index in [0.29, 0.717) is 44.8 Å². The molecule has 2 heterocycles. The molecule has 0 saturated carbocycles. The van der Waals surface area contributed by atoms with Crippen LogP contribution in [-0.2, 0) is 22.6 Å². The summed E-state index contributed by atoms with van der Waals surface area (Å²) in [6.07, 6.45) is 0.154. The first-order valence-corrected chi connectivity index (χ1v) is 13.2. The molecule has 0 spiro atoms. The van der Waals surface area contributed by atoms with Crippen LogP contribution in [0.15, 0.2) is 48.5 Å². The second-order valence-electron chi connectivity index (χ2n) is 10.00. The van der Waals surface area contributed by atoms with Gasteiger partial charge in [0.25, 0.3) is 0 Å². The van der Waals surface area contributed by atoms with Crippen molar-refractivity contribution in [3.8, 4) is 0 Å². The van der Waals surface area contributed by atoms with Gasteiger partial charge in [-0.15, -0.1) is 0 Å². The Morgan fingerprint density at radius 2 is 1.89 bits per heavy atom. The van der Waals surface area contributed by atoms with Crippen LogP contribution in [0.5, 0.6) is 0 Å². The number of halogens is 2. The van der Waals surface area contributed by atoms with Gasteiger partial charge in [0.15, 0.2) is 0 Å². The molecular formula is C28H36F2N4O4. The van der Waals surface area contributed by atoms with E-state index in [2.05, 4.69) is 10.6 Å². The van der Waals surface area contributed by atoms with Crippen LogP contribution in [0.4, 0.5) is 13.6 Å². The van der Waals surface area contributed by atoms with Crippen molar-refractivity contribution in [3.05, 3.63) is 71.3 Å². The summed E-state index contributed by atoms with van der Waals surface area (Å²) in [6, 6.07) is 11.2. The van der Waals surface area contributed by atoms with E-state index in [9.17, 15) is 23.5 Å². The van der Waals surface area contributed by atoms with E-state index in [-0.39, 0.29) is 25.0 Å². The smallest absolute Gasteiger partial charge is 0.318 e. The predicted octanol–water partition coefficient (Wildman–Crippen LogP) is 2.45. The largest absolute Gasteiger partial charge is 0.389 e. The quantitative estimate of drug-likeness (QED) is 0.439. The van der Waals surface area contributed by atoms with Crippen LogP contribution >= 0.6 is 0 Å². The van der Waals surface area contributed by atoms with E-state index in [1.165, 1.54) is 17.0 Å². The zero-order valence-electron chi connectivity index (χ0n) is 21.6. The number of nitrogens with one attached hydrogen (secondary N) is 2. The highest BCUT2D eigenvalue weighted by molar-refractivity contribution is 5.85. The van der Waals surface area contributed by atoms with Gasteiger partial charge >= 0.3 is 6.03 Å². The number of nitrogens with zero attached hydrogens (tertiary/aromatic N) is 2. The van der Waals surface area contributed by atoms with Gasteiger partial charge < -0.3 is 30.3 Å². The van der Waals surface area contributed by atoms with Gasteiger partial charge in [-0.1, -0.05) is 37.3 Å². The number of hydrogen-bond acceptors (Lipinski definition) is 5. The van der Waals surface area contributed by atoms with E-state index in [1.807, 2.05) is 37.3 Å². The molecule has 10 heteroatoms. The molecule has 0 radical (unpaired) electrons. The van der Waals surface area contributed by atoms with Crippen LogP contribution in [0.25, 0.3) is 0 Å². The molecule has 8 nitrogen and oxygen atoms in total. The zero-order chi connectivity index (χ0) is 27.1. The second kappa shape index (κ2) is 13.1. The number of piperazine rings is 1. The molecule has 2 aliphatic rings. The van der Waals surface area contributed by atoms with Gasteiger partial charge in [0.1, 0.15) is 18.2 Å². The summed E-state index contributed by atoms with van der Waals surface area (Å²) in [6.45, 7) is 4.34. The van der Waals surface area contributed by atoms with E-state index in [4.69, 9.17) is 4.74 Å². The average molecular weight is 531 g/mol. The Bertz CT molecular complexity index is 1070. The number of hydrogen-bond donors (Lipinski definition) is 3. The van der Waals surface area contributed by atoms with E-state index < -0.39 is 35.9 Å². The van der Waals surface area contributed by atoms with Gasteiger partial charge in [0, 0.05) is 38.3 Å². The van der Waals surface area contributed by atoms with E-state index >= 15 is 0 Å². The minimum Gasteiger partial charge on any atom is -0.389 e. The van der Waals surface area contributed by atoms with Crippen LogP contribution in [0, 0.1) is 11.6 Å². The third-order valence-corrected chi connectivity index (χ3v) is 7.06.